The number of alkyl halides is 3. The zero-order chi connectivity index (χ0) is 15.2. The van der Waals surface area contributed by atoms with E-state index in [0.29, 0.717) is 18.5 Å². The molecule has 0 saturated heterocycles. The Hall–Kier alpha value is -1.76. The van der Waals surface area contributed by atoms with Crippen molar-refractivity contribution in [2.75, 3.05) is 13.6 Å². The van der Waals surface area contributed by atoms with Gasteiger partial charge in [0.1, 0.15) is 5.75 Å². The number of hydrogen-bond acceptors (Lipinski definition) is 3. The summed E-state index contributed by atoms with van der Waals surface area (Å²) in [7, 11) is 1.73. The Morgan fingerprint density at radius 2 is 2.10 bits per heavy atom. The maximum atomic E-state index is 12.1. The number of halogens is 3. The van der Waals surface area contributed by atoms with Crippen LogP contribution in [-0.2, 0) is 4.79 Å². The van der Waals surface area contributed by atoms with Gasteiger partial charge in [-0.2, -0.15) is 0 Å². The molecule has 0 aliphatic heterocycles. The molecule has 1 rings (SSSR count). The Kier molecular flexibility index (Phi) is 5.82. The van der Waals surface area contributed by atoms with E-state index in [4.69, 9.17) is 0 Å². The minimum atomic E-state index is -4.72. The first-order chi connectivity index (χ1) is 9.31. The van der Waals surface area contributed by atoms with Crippen molar-refractivity contribution >= 4 is 5.91 Å². The molecule has 0 radical (unpaired) electrons. The summed E-state index contributed by atoms with van der Waals surface area (Å²) in [6, 6.07) is 5.17. The average molecular weight is 290 g/mol. The molecule has 0 saturated carbocycles. The molecular weight excluding hydrogens is 273 g/mol. The zero-order valence-electron chi connectivity index (χ0n) is 11.3. The van der Waals surface area contributed by atoms with Gasteiger partial charge in [0.25, 0.3) is 0 Å². The Labute approximate surface area is 115 Å². The summed E-state index contributed by atoms with van der Waals surface area (Å²) in [6.07, 6.45) is -4.42. The molecule has 0 spiro atoms. The van der Waals surface area contributed by atoms with E-state index >= 15 is 0 Å². The van der Waals surface area contributed by atoms with Crippen molar-refractivity contribution in [1.82, 2.24) is 10.6 Å². The molecule has 1 aromatic rings. The summed E-state index contributed by atoms with van der Waals surface area (Å²) in [5.74, 6) is -0.472. The van der Waals surface area contributed by atoms with Crippen molar-refractivity contribution in [3.63, 3.8) is 0 Å². The molecule has 0 aliphatic carbocycles. The van der Waals surface area contributed by atoms with Gasteiger partial charge in [0.15, 0.2) is 0 Å². The zero-order valence-corrected chi connectivity index (χ0v) is 11.3. The van der Waals surface area contributed by atoms with Crippen LogP contribution in [0.5, 0.6) is 5.75 Å². The van der Waals surface area contributed by atoms with Crippen LogP contribution in [0.2, 0.25) is 0 Å². The van der Waals surface area contributed by atoms with Gasteiger partial charge in [0.05, 0.1) is 6.04 Å². The second kappa shape index (κ2) is 7.14. The first-order valence-corrected chi connectivity index (χ1v) is 6.11. The third-order valence-electron chi connectivity index (χ3n) is 2.57. The first kappa shape index (κ1) is 16.3. The average Bonchev–Trinajstić information content (AvgIpc) is 2.34. The Morgan fingerprint density at radius 3 is 2.70 bits per heavy atom. The fourth-order valence-corrected chi connectivity index (χ4v) is 1.62. The highest BCUT2D eigenvalue weighted by Crippen LogP contribution is 2.25. The number of nitrogens with one attached hydrogen (secondary N) is 2. The maximum Gasteiger partial charge on any atom is 0.573 e. The van der Waals surface area contributed by atoms with Gasteiger partial charge in [-0.1, -0.05) is 12.1 Å². The molecule has 4 nitrogen and oxygen atoms in total. The molecule has 1 aromatic carbocycles. The van der Waals surface area contributed by atoms with E-state index in [1.54, 1.807) is 20.0 Å². The lowest BCUT2D eigenvalue weighted by molar-refractivity contribution is -0.274. The van der Waals surface area contributed by atoms with Crippen molar-refractivity contribution in [1.29, 1.82) is 0 Å². The van der Waals surface area contributed by atoms with E-state index in [0.717, 1.165) is 0 Å². The quantitative estimate of drug-likeness (QED) is 0.845. The Morgan fingerprint density at radius 1 is 1.40 bits per heavy atom. The van der Waals surface area contributed by atoms with E-state index in [1.807, 2.05) is 0 Å². The molecule has 0 heterocycles. The number of carbonyl (C=O) groups is 1. The van der Waals surface area contributed by atoms with Gasteiger partial charge in [-0.05, 0) is 31.7 Å². The summed E-state index contributed by atoms with van der Waals surface area (Å²) in [6.45, 7) is 2.24. The minimum Gasteiger partial charge on any atom is -0.406 e. The van der Waals surface area contributed by atoms with Crippen LogP contribution in [0, 0.1) is 0 Å². The normalized spacial score (nSPS) is 12.8. The molecule has 0 fully saturated rings. The van der Waals surface area contributed by atoms with Gasteiger partial charge in [-0.3, -0.25) is 4.79 Å². The largest absolute Gasteiger partial charge is 0.573 e. The molecule has 112 valence electrons. The molecule has 20 heavy (non-hydrogen) atoms. The molecule has 0 aromatic heterocycles. The predicted octanol–water partition coefficient (Wildman–Crippen LogP) is 2.37. The lowest BCUT2D eigenvalue weighted by Gasteiger charge is -2.16. The van der Waals surface area contributed by atoms with Gasteiger partial charge in [-0.15, -0.1) is 13.2 Å². The van der Waals surface area contributed by atoms with Gasteiger partial charge in [0.2, 0.25) is 5.91 Å². The molecule has 1 atom stereocenters. The van der Waals surface area contributed by atoms with Crippen LogP contribution >= 0.6 is 0 Å². The second-order valence-corrected chi connectivity index (χ2v) is 4.26. The van der Waals surface area contributed by atoms with Gasteiger partial charge >= 0.3 is 6.36 Å². The molecule has 0 bridgehead atoms. The van der Waals surface area contributed by atoms with Gasteiger partial charge in [0, 0.05) is 13.0 Å². The van der Waals surface area contributed by atoms with E-state index in [1.165, 1.54) is 18.2 Å². The monoisotopic (exact) mass is 290 g/mol. The molecule has 0 aliphatic rings. The van der Waals surface area contributed by atoms with Crippen molar-refractivity contribution in [2.24, 2.45) is 0 Å². The highest BCUT2D eigenvalue weighted by molar-refractivity contribution is 5.76. The van der Waals surface area contributed by atoms with Crippen molar-refractivity contribution < 1.29 is 22.7 Å². The first-order valence-electron chi connectivity index (χ1n) is 6.11. The summed E-state index contributed by atoms with van der Waals surface area (Å²) < 4.78 is 40.2. The van der Waals surface area contributed by atoms with E-state index in [9.17, 15) is 18.0 Å². The number of amides is 1. The van der Waals surface area contributed by atoms with Crippen LogP contribution in [0.25, 0.3) is 0 Å². The fraction of sp³-hybridized carbons (Fsp3) is 0.462. The van der Waals surface area contributed by atoms with Crippen LogP contribution in [0.4, 0.5) is 13.2 Å². The van der Waals surface area contributed by atoms with Crippen LogP contribution in [0.3, 0.4) is 0 Å². The van der Waals surface area contributed by atoms with Gasteiger partial charge < -0.3 is 15.4 Å². The van der Waals surface area contributed by atoms with Crippen LogP contribution in [-0.4, -0.2) is 25.9 Å². The summed E-state index contributed by atoms with van der Waals surface area (Å²) in [5.41, 5.74) is 0.546. The van der Waals surface area contributed by atoms with Crippen molar-refractivity contribution in [3.8, 4) is 5.75 Å². The molecule has 1 amide bonds. The van der Waals surface area contributed by atoms with E-state index in [-0.39, 0.29) is 11.7 Å². The number of benzene rings is 1. The van der Waals surface area contributed by atoms with Crippen LogP contribution in [0.1, 0.15) is 24.9 Å². The third-order valence-corrected chi connectivity index (χ3v) is 2.57. The highest BCUT2D eigenvalue weighted by Gasteiger charge is 2.31. The standard InChI is InChI=1S/C13H17F3N2O2/c1-9(18-12(19)6-7-17-2)10-4-3-5-11(8-10)20-13(14,15)16/h3-5,8-9,17H,6-7H2,1-2H3,(H,18,19). The van der Waals surface area contributed by atoms with E-state index in [2.05, 4.69) is 15.4 Å². The lowest BCUT2D eigenvalue weighted by Crippen LogP contribution is -2.29. The summed E-state index contributed by atoms with van der Waals surface area (Å²) in [5, 5.41) is 5.55. The van der Waals surface area contributed by atoms with Crippen LogP contribution in [0.15, 0.2) is 24.3 Å². The number of rotatable bonds is 6. The Bertz CT molecular complexity index is 449. The maximum absolute atomic E-state index is 12.1. The van der Waals surface area contributed by atoms with Crippen LogP contribution < -0.4 is 15.4 Å². The third kappa shape index (κ3) is 5.92. The smallest absolute Gasteiger partial charge is 0.406 e. The highest BCUT2D eigenvalue weighted by atomic mass is 19.4. The van der Waals surface area contributed by atoms with Gasteiger partial charge in [-0.25, -0.2) is 0 Å². The predicted molar refractivity (Wildman–Crippen MR) is 68.2 cm³/mol. The molecule has 7 heteroatoms. The lowest BCUT2D eigenvalue weighted by atomic mass is 10.1. The molecular formula is C13H17F3N2O2. The van der Waals surface area contributed by atoms with Crippen molar-refractivity contribution in [2.45, 2.75) is 25.7 Å². The molecule has 1 unspecified atom stereocenters. The Balaban J connectivity index is 2.66. The topological polar surface area (TPSA) is 50.4 Å². The SMILES string of the molecule is CNCCC(=O)NC(C)c1cccc(OC(F)(F)F)c1. The van der Waals surface area contributed by atoms with Crippen molar-refractivity contribution in [3.05, 3.63) is 29.8 Å². The van der Waals surface area contributed by atoms with E-state index < -0.39 is 12.4 Å². The summed E-state index contributed by atoms with van der Waals surface area (Å²) >= 11 is 0. The summed E-state index contributed by atoms with van der Waals surface area (Å²) in [4.78, 5) is 11.5. The number of hydrogen-bond donors (Lipinski definition) is 2. The minimum absolute atomic E-state index is 0.172. The number of carbonyl (C=O) groups excluding carboxylic acids is 1. The number of ether oxygens (including phenoxy) is 1. The molecule has 2 N–H and O–H groups in total. The second-order valence-electron chi connectivity index (χ2n) is 4.26. The fourth-order valence-electron chi connectivity index (χ4n) is 1.62.